The highest BCUT2D eigenvalue weighted by molar-refractivity contribution is 8.19. The van der Waals surface area contributed by atoms with Crippen molar-refractivity contribution >= 4 is 51.5 Å². The molecule has 1 saturated heterocycles. The van der Waals surface area contributed by atoms with Gasteiger partial charge in [0.15, 0.2) is 5.17 Å². The number of amidine groups is 1. The number of nitrogens with zero attached hydrogens (tertiary/aromatic N) is 2. The number of hydrogen-bond acceptors (Lipinski definition) is 7. The van der Waals surface area contributed by atoms with Gasteiger partial charge in [0, 0.05) is 5.39 Å². The Morgan fingerprint density at radius 3 is 2.57 bits per heavy atom. The van der Waals surface area contributed by atoms with Crippen molar-refractivity contribution in [1.29, 1.82) is 0 Å². The third-order valence-electron chi connectivity index (χ3n) is 5.44. The van der Waals surface area contributed by atoms with E-state index in [-0.39, 0.29) is 15.6 Å². The number of benzene rings is 3. The molecule has 3 aromatic carbocycles. The number of amides is 2. The molecule has 4 aromatic rings. The maximum absolute atomic E-state index is 13.4. The van der Waals surface area contributed by atoms with Crippen LogP contribution in [0.25, 0.3) is 17.0 Å². The Morgan fingerprint density at radius 1 is 1.05 bits per heavy atom. The predicted octanol–water partition coefficient (Wildman–Crippen LogP) is 4.76. The molecule has 0 unspecified atom stereocenters. The molecule has 10 heteroatoms. The highest BCUT2D eigenvalue weighted by Gasteiger charge is 2.36. The Balaban J connectivity index is 1.51. The minimum Gasteiger partial charge on any atom is -0.495 e. The van der Waals surface area contributed by atoms with Gasteiger partial charge in [-0.2, -0.15) is 0 Å². The van der Waals surface area contributed by atoms with Gasteiger partial charge in [-0.25, -0.2) is 19.5 Å². The number of anilines is 1. The number of carbonyl (C=O) groups excluding carboxylic acids is 2. The van der Waals surface area contributed by atoms with Crippen molar-refractivity contribution in [3.8, 4) is 5.75 Å². The SMILES string of the molecule is COc1ccccc1N1C(=O)/C(=C/c2ccc(F)cc2)S/C1=N\NC(=O)c1cc2ccccc2oc1=O. The molecule has 37 heavy (non-hydrogen) atoms. The fraction of sp³-hybridized carbons (Fsp3) is 0.0370. The summed E-state index contributed by atoms with van der Waals surface area (Å²) in [6, 6.07) is 20.7. The van der Waals surface area contributed by atoms with Crippen LogP contribution in [0.15, 0.2) is 98.1 Å². The van der Waals surface area contributed by atoms with Crippen molar-refractivity contribution in [3.05, 3.63) is 111 Å². The molecule has 1 aliphatic rings. The summed E-state index contributed by atoms with van der Waals surface area (Å²) in [7, 11) is 1.47. The highest BCUT2D eigenvalue weighted by Crippen LogP contribution is 2.39. The fourth-order valence-corrected chi connectivity index (χ4v) is 4.60. The van der Waals surface area contributed by atoms with E-state index >= 15 is 0 Å². The van der Waals surface area contributed by atoms with Crippen LogP contribution in [-0.4, -0.2) is 24.1 Å². The Kier molecular flexibility index (Phi) is 6.57. The van der Waals surface area contributed by atoms with Gasteiger partial charge in [-0.1, -0.05) is 42.5 Å². The van der Waals surface area contributed by atoms with Crippen LogP contribution in [0.4, 0.5) is 10.1 Å². The van der Waals surface area contributed by atoms with Gasteiger partial charge in [0.25, 0.3) is 11.8 Å². The van der Waals surface area contributed by atoms with Crippen LogP contribution in [0.3, 0.4) is 0 Å². The molecule has 1 aliphatic heterocycles. The third kappa shape index (κ3) is 4.87. The first kappa shape index (κ1) is 24.0. The third-order valence-corrected chi connectivity index (χ3v) is 6.41. The normalized spacial score (nSPS) is 15.5. The van der Waals surface area contributed by atoms with Gasteiger partial charge in [-0.05, 0) is 59.8 Å². The topological polar surface area (TPSA) is 101 Å². The maximum atomic E-state index is 13.4. The lowest BCUT2D eigenvalue weighted by molar-refractivity contribution is -0.113. The minimum atomic E-state index is -0.815. The van der Waals surface area contributed by atoms with Crippen molar-refractivity contribution in [2.24, 2.45) is 5.10 Å². The fourth-order valence-electron chi connectivity index (χ4n) is 3.67. The predicted molar refractivity (Wildman–Crippen MR) is 140 cm³/mol. The lowest BCUT2D eigenvalue weighted by atomic mass is 10.2. The molecular weight excluding hydrogens is 497 g/mol. The average molecular weight is 516 g/mol. The number of hydrazone groups is 1. The summed E-state index contributed by atoms with van der Waals surface area (Å²) in [6.45, 7) is 0. The van der Waals surface area contributed by atoms with Crippen LogP contribution in [0.1, 0.15) is 15.9 Å². The second-order valence-electron chi connectivity index (χ2n) is 7.80. The van der Waals surface area contributed by atoms with E-state index in [1.807, 2.05) is 0 Å². The van der Waals surface area contributed by atoms with E-state index in [0.717, 1.165) is 11.8 Å². The second-order valence-corrected chi connectivity index (χ2v) is 8.80. The van der Waals surface area contributed by atoms with E-state index < -0.39 is 23.3 Å². The standard InChI is InChI=1S/C27H18FN3O5S/c1-35-22-9-5-3-7-20(22)31-25(33)23(14-16-10-12-18(28)13-11-16)37-27(31)30-29-24(32)19-15-17-6-2-4-8-21(17)36-26(19)34/h2-15H,1H3,(H,29,32)/b23-14-,30-27-. The maximum Gasteiger partial charge on any atom is 0.349 e. The number of hydrogen-bond donors (Lipinski definition) is 1. The number of halogens is 1. The zero-order chi connectivity index (χ0) is 25.9. The molecule has 0 saturated carbocycles. The van der Waals surface area contributed by atoms with Crippen LogP contribution in [0, 0.1) is 5.82 Å². The summed E-state index contributed by atoms with van der Waals surface area (Å²) >= 11 is 1.01. The van der Waals surface area contributed by atoms with Gasteiger partial charge in [0.1, 0.15) is 22.7 Å². The Morgan fingerprint density at radius 2 is 1.78 bits per heavy atom. The number of rotatable bonds is 5. The number of nitrogens with one attached hydrogen (secondary N) is 1. The molecular formula is C27H18FN3O5S. The Hall–Kier alpha value is -4.70. The summed E-state index contributed by atoms with van der Waals surface area (Å²) in [4.78, 5) is 40.2. The first-order valence-corrected chi connectivity index (χ1v) is 11.8. The van der Waals surface area contributed by atoms with Gasteiger partial charge in [0.2, 0.25) is 0 Å². The van der Waals surface area contributed by atoms with Gasteiger partial charge in [-0.3, -0.25) is 9.59 Å². The highest BCUT2D eigenvalue weighted by atomic mass is 32.2. The number of fused-ring (bicyclic) bond motifs is 1. The molecule has 5 rings (SSSR count). The van der Waals surface area contributed by atoms with Crippen LogP contribution in [-0.2, 0) is 4.79 Å². The first-order valence-electron chi connectivity index (χ1n) is 11.0. The average Bonchev–Trinajstić information content (AvgIpc) is 3.22. The van der Waals surface area contributed by atoms with Crippen LogP contribution in [0.5, 0.6) is 5.75 Å². The van der Waals surface area contributed by atoms with Crippen LogP contribution < -0.4 is 20.7 Å². The largest absolute Gasteiger partial charge is 0.495 e. The van der Waals surface area contributed by atoms with E-state index in [1.165, 1.54) is 30.2 Å². The summed E-state index contributed by atoms with van der Waals surface area (Å²) in [6.07, 6.45) is 1.59. The number of ether oxygens (including phenoxy) is 1. The number of methoxy groups -OCH3 is 1. The molecule has 2 heterocycles. The van der Waals surface area contributed by atoms with Gasteiger partial charge >= 0.3 is 5.63 Å². The zero-order valence-electron chi connectivity index (χ0n) is 19.3. The minimum absolute atomic E-state index is 0.126. The van der Waals surface area contributed by atoms with Crippen molar-refractivity contribution in [2.45, 2.75) is 0 Å². The summed E-state index contributed by atoms with van der Waals surface area (Å²) < 4.78 is 24.0. The monoisotopic (exact) mass is 515 g/mol. The second kappa shape index (κ2) is 10.1. The van der Waals surface area contributed by atoms with Crippen LogP contribution >= 0.6 is 11.8 Å². The van der Waals surface area contributed by atoms with E-state index in [4.69, 9.17) is 9.15 Å². The molecule has 0 spiro atoms. The molecule has 1 fully saturated rings. The lowest BCUT2D eigenvalue weighted by Crippen LogP contribution is -2.32. The quantitative estimate of drug-likeness (QED) is 0.234. The van der Waals surface area contributed by atoms with Crippen molar-refractivity contribution in [2.75, 3.05) is 12.0 Å². The van der Waals surface area contributed by atoms with E-state index in [1.54, 1.807) is 66.7 Å². The summed E-state index contributed by atoms with van der Waals surface area (Å²) in [5.41, 5.74) is 2.67. The van der Waals surface area contributed by atoms with Crippen molar-refractivity contribution in [3.63, 3.8) is 0 Å². The van der Waals surface area contributed by atoms with Gasteiger partial charge in [-0.15, -0.1) is 5.10 Å². The molecule has 8 nitrogen and oxygen atoms in total. The molecule has 1 N–H and O–H groups in total. The Bertz CT molecular complexity index is 1650. The van der Waals surface area contributed by atoms with Crippen molar-refractivity contribution < 1.29 is 23.1 Å². The molecule has 184 valence electrons. The van der Waals surface area contributed by atoms with E-state index in [0.29, 0.717) is 28.0 Å². The smallest absolute Gasteiger partial charge is 0.349 e. The molecule has 0 bridgehead atoms. The Labute approximate surface area is 214 Å². The molecule has 1 aromatic heterocycles. The lowest BCUT2D eigenvalue weighted by Gasteiger charge is -2.18. The molecule has 2 amide bonds. The molecule has 0 atom stereocenters. The first-order chi connectivity index (χ1) is 17.9. The zero-order valence-corrected chi connectivity index (χ0v) is 20.1. The number of para-hydroxylation sites is 3. The molecule has 0 radical (unpaired) electrons. The van der Waals surface area contributed by atoms with Gasteiger partial charge < -0.3 is 9.15 Å². The van der Waals surface area contributed by atoms with Gasteiger partial charge in [0.05, 0.1) is 17.7 Å². The summed E-state index contributed by atoms with van der Waals surface area (Å²) in [5, 5.41) is 4.86. The van der Waals surface area contributed by atoms with E-state index in [9.17, 15) is 18.8 Å². The molecule has 0 aliphatic carbocycles. The van der Waals surface area contributed by atoms with Crippen LogP contribution in [0.2, 0.25) is 0 Å². The number of thioether (sulfide) groups is 1. The van der Waals surface area contributed by atoms with Crippen molar-refractivity contribution in [1.82, 2.24) is 5.43 Å². The van der Waals surface area contributed by atoms with E-state index in [2.05, 4.69) is 10.5 Å². The number of carbonyl (C=O) groups is 2. The summed E-state index contributed by atoms with van der Waals surface area (Å²) in [5.74, 6) is -1.20.